The van der Waals surface area contributed by atoms with Crippen molar-refractivity contribution in [3.05, 3.63) is 47.2 Å². The Morgan fingerprint density at radius 1 is 1.35 bits per heavy atom. The maximum Gasteiger partial charge on any atom is 0.352 e. The van der Waals surface area contributed by atoms with Crippen molar-refractivity contribution in [2.75, 3.05) is 11.6 Å². The van der Waals surface area contributed by atoms with E-state index in [4.69, 9.17) is 11.6 Å². The second kappa shape index (κ2) is 6.25. The first-order chi connectivity index (χ1) is 11.0. The van der Waals surface area contributed by atoms with Gasteiger partial charge in [0.1, 0.15) is 17.1 Å². The first-order valence-corrected chi connectivity index (χ1v) is 8.44. The number of hydrogen-bond acceptors (Lipinski definition) is 4. The largest absolute Gasteiger partial charge is 0.477 e. The van der Waals surface area contributed by atoms with Crippen LogP contribution in [-0.4, -0.2) is 50.8 Å². The molecule has 2 N–H and O–H groups in total. The zero-order valence-corrected chi connectivity index (χ0v) is 13.4. The maximum absolute atomic E-state index is 12.3. The van der Waals surface area contributed by atoms with E-state index in [0.29, 0.717) is 16.9 Å². The van der Waals surface area contributed by atoms with Gasteiger partial charge in [0.15, 0.2) is 0 Å². The number of alkyl halides is 1. The van der Waals surface area contributed by atoms with Crippen LogP contribution in [0.2, 0.25) is 0 Å². The monoisotopic (exact) mass is 352 g/mol. The summed E-state index contributed by atoms with van der Waals surface area (Å²) < 4.78 is 0. The van der Waals surface area contributed by atoms with E-state index >= 15 is 0 Å². The number of amides is 2. The van der Waals surface area contributed by atoms with E-state index in [0.717, 1.165) is 0 Å². The molecule has 3 rings (SSSR count). The topological polar surface area (TPSA) is 86.7 Å². The zero-order chi connectivity index (χ0) is 16.6. The number of nitrogens with one attached hydrogen (secondary N) is 1. The number of fused-ring (bicyclic) bond motifs is 1. The number of nitrogens with zero attached hydrogens (tertiary/aromatic N) is 1. The summed E-state index contributed by atoms with van der Waals surface area (Å²) in [6, 6.07) is 7.84. The molecule has 0 bridgehead atoms. The van der Waals surface area contributed by atoms with Gasteiger partial charge in [-0.1, -0.05) is 18.2 Å². The van der Waals surface area contributed by atoms with Crippen LogP contribution in [0.4, 0.5) is 0 Å². The highest BCUT2D eigenvalue weighted by Crippen LogP contribution is 2.40. The minimum atomic E-state index is -1.17. The van der Waals surface area contributed by atoms with Crippen molar-refractivity contribution in [1.82, 2.24) is 10.2 Å². The van der Waals surface area contributed by atoms with Crippen molar-refractivity contribution in [1.29, 1.82) is 0 Å². The average molecular weight is 353 g/mol. The summed E-state index contributed by atoms with van der Waals surface area (Å²) in [7, 11) is 0. The Kier molecular flexibility index (Phi) is 4.32. The van der Waals surface area contributed by atoms with Crippen molar-refractivity contribution in [2.24, 2.45) is 0 Å². The number of benzene rings is 1. The van der Waals surface area contributed by atoms with Crippen LogP contribution in [-0.2, 0) is 9.59 Å². The quantitative estimate of drug-likeness (QED) is 0.629. The maximum atomic E-state index is 12.3. The molecule has 23 heavy (non-hydrogen) atoms. The molecule has 2 unspecified atom stereocenters. The highest BCUT2D eigenvalue weighted by Gasteiger charge is 2.54. The van der Waals surface area contributed by atoms with Crippen LogP contribution in [0.25, 0.3) is 0 Å². The smallest absolute Gasteiger partial charge is 0.352 e. The van der Waals surface area contributed by atoms with Gasteiger partial charge in [-0.2, -0.15) is 0 Å². The van der Waals surface area contributed by atoms with Crippen molar-refractivity contribution in [3.63, 3.8) is 0 Å². The Labute approximate surface area is 141 Å². The summed E-state index contributed by atoms with van der Waals surface area (Å²) in [6.45, 7) is 0. The molecule has 6 nitrogen and oxygen atoms in total. The predicted octanol–water partition coefficient (Wildman–Crippen LogP) is 1.28. The molecule has 2 aliphatic rings. The molecule has 0 saturated carbocycles. The Morgan fingerprint density at radius 2 is 2.04 bits per heavy atom. The fourth-order valence-corrected chi connectivity index (χ4v) is 4.28. The molecular formula is C15H13ClN2O4S. The lowest BCUT2D eigenvalue weighted by Crippen LogP contribution is -2.70. The Hall–Kier alpha value is -1.99. The minimum absolute atomic E-state index is 0.0565. The summed E-state index contributed by atoms with van der Waals surface area (Å²) in [5.41, 5.74) is 0.913. The van der Waals surface area contributed by atoms with Gasteiger partial charge >= 0.3 is 5.97 Å². The number of β-lactam (4-membered cyclic amide) rings is 1. The van der Waals surface area contributed by atoms with Crippen LogP contribution in [0, 0.1) is 0 Å². The molecule has 1 aromatic carbocycles. The number of carbonyl (C=O) groups excluding carboxylic acids is 2. The molecule has 2 aliphatic heterocycles. The van der Waals surface area contributed by atoms with Crippen molar-refractivity contribution in [2.45, 2.75) is 11.4 Å². The zero-order valence-electron chi connectivity index (χ0n) is 11.9. The fraction of sp³-hybridized carbons (Fsp3) is 0.267. The highest BCUT2D eigenvalue weighted by molar-refractivity contribution is 8.00. The van der Waals surface area contributed by atoms with Crippen LogP contribution in [0.1, 0.15) is 10.4 Å². The molecule has 0 radical (unpaired) electrons. The summed E-state index contributed by atoms with van der Waals surface area (Å²) in [6.07, 6.45) is 0. The predicted molar refractivity (Wildman–Crippen MR) is 86.2 cm³/mol. The lowest BCUT2D eigenvalue weighted by Gasteiger charge is -2.49. The van der Waals surface area contributed by atoms with Crippen LogP contribution in [0.3, 0.4) is 0 Å². The molecule has 1 saturated heterocycles. The lowest BCUT2D eigenvalue weighted by molar-refractivity contribution is -0.148. The second-order valence-corrected chi connectivity index (χ2v) is 6.49. The molecule has 0 aliphatic carbocycles. The summed E-state index contributed by atoms with van der Waals surface area (Å²) in [4.78, 5) is 37.1. The first kappa shape index (κ1) is 15.9. The average Bonchev–Trinajstić information content (AvgIpc) is 2.58. The van der Waals surface area contributed by atoms with E-state index in [-0.39, 0.29) is 17.5 Å². The highest BCUT2D eigenvalue weighted by atomic mass is 35.5. The van der Waals surface area contributed by atoms with Gasteiger partial charge in [0.05, 0.1) is 0 Å². The number of carbonyl (C=O) groups is 3. The SMILES string of the molecule is O=C(O)C1=C(CCl)CSC2C(NC(=O)c3ccccc3)C(=O)N12. The van der Waals surface area contributed by atoms with Crippen LogP contribution in [0.5, 0.6) is 0 Å². The van der Waals surface area contributed by atoms with Gasteiger partial charge in [0.25, 0.3) is 11.8 Å². The summed E-state index contributed by atoms with van der Waals surface area (Å²) >= 11 is 7.16. The van der Waals surface area contributed by atoms with Crippen molar-refractivity contribution in [3.8, 4) is 0 Å². The Morgan fingerprint density at radius 3 is 2.65 bits per heavy atom. The number of carboxylic acid groups (broad SMARTS) is 1. The van der Waals surface area contributed by atoms with E-state index in [2.05, 4.69) is 5.32 Å². The van der Waals surface area contributed by atoms with Crippen LogP contribution >= 0.6 is 23.4 Å². The molecule has 1 aromatic rings. The third-order valence-corrected chi connectivity index (χ3v) is 5.40. The number of halogens is 1. The van der Waals surface area contributed by atoms with Crippen molar-refractivity contribution < 1.29 is 19.5 Å². The van der Waals surface area contributed by atoms with E-state index in [1.165, 1.54) is 16.7 Å². The van der Waals surface area contributed by atoms with Crippen LogP contribution in [0.15, 0.2) is 41.6 Å². The fourth-order valence-electron chi connectivity index (χ4n) is 2.60. The summed E-state index contributed by atoms with van der Waals surface area (Å²) in [5.74, 6) is -1.46. The standard InChI is InChI=1S/C15H13ClN2O4S/c16-6-9-7-23-14-10(13(20)18(14)11(9)15(21)22)17-12(19)8-4-2-1-3-5-8/h1-5,10,14H,6-7H2,(H,17,19)(H,21,22). The number of carboxylic acids is 1. The van der Waals surface area contributed by atoms with Gasteiger partial charge in [-0.3, -0.25) is 14.5 Å². The molecule has 2 amide bonds. The van der Waals surface area contributed by atoms with E-state index < -0.39 is 23.3 Å². The van der Waals surface area contributed by atoms with E-state index in [1.807, 2.05) is 0 Å². The summed E-state index contributed by atoms with van der Waals surface area (Å²) in [5, 5.41) is 11.6. The van der Waals surface area contributed by atoms with E-state index in [9.17, 15) is 19.5 Å². The molecule has 1 fully saturated rings. The van der Waals surface area contributed by atoms with Gasteiger partial charge in [0, 0.05) is 17.2 Å². The number of thioether (sulfide) groups is 1. The van der Waals surface area contributed by atoms with Gasteiger partial charge in [-0.25, -0.2) is 4.79 Å². The Bertz CT molecular complexity index is 707. The van der Waals surface area contributed by atoms with Gasteiger partial charge in [-0.15, -0.1) is 23.4 Å². The third kappa shape index (κ3) is 2.70. The van der Waals surface area contributed by atoms with Crippen molar-refractivity contribution >= 4 is 41.1 Å². The molecule has 0 aromatic heterocycles. The number of aliphatic carboxylic acids is 1. The third-order valence-electron chi connectivity index (χ3n) is 3.73. The molecule has 0 spiro atoms. The van der Waals surface area contributed by atoms with E-state index in [1.54, 1.807) is 30.3 Å². The number of rotatable bonds is 4. The minimum Gasteiger partial charge on any atom is -0.477 e. The number of hydrogen-bond donors (Lipinski definition) is 2. The van der Waals surface area contributed by atoms with Gasteiger partial charge in [0.2, 0.25) is 0 Å². The molecule has 2 atom stereocenters. The Balaban J connectivity index is 1.77. The van der Waals surface area contributed by atoms with Crippen LogP contribution < -0.4 is 5.32 Å². The molecular weight excluding hydrogens is 340 g/mol. The molecule has 8 heteroatoms. The van der Waals surface area contributed by atoms with Gasteiger partial charge < -0.3 is 10.4 Å². The normalized spacial score (nSPS) is 23.2. The van der Waals surface area contributed by atoms with Gasteiger partial charge in [-0.05, 0) is 17.7 Å². The second-order valence-electron chi connectivity index (χ2n) is 5.12. The molecule has 120 valence electrons. The lowest BCUT2D eigenvalue weighted by atomic mass is 10.0. The molecule has 2 heterocycles. The first-order valence-electron chi connectivity index (χ1n) is 6.86.